The number of pyridine rings is 1. The van der Waals surface area contributed by atoms with Gasteiger partial charge in [-0.1, -0.05) is 0 Å². The lowest BCUT2D eigenvalue weighted by Crippen LogP contribution is -2.37. The number of aromatic nitrogens is 1. The van der Waals surface area contributed by atoms with Crippen LogP contribution in [0.5, 0.6) is 5.75 Å². The van der Waals surface area contributed by atoms with E-state index in [-0.39, 0.29) is 18.6 Å². The van der Waals surface area contributed by atoms with Gasteiger partial charge >= 0.3 is 6.09 Å². The van der Waals surface area contributed by atoms with Crippen LogP contribution in [0.25, 0.3) is 0 Å². The number of fused-ring (bicyclic) bond motifs is 1. The van der Waals surface area contributed by atoms with Gasteiger partial charge in [0.25, 0.3) is 5.91 Å². The molecule has 2 heterocycles. The number of rotatable bonds is 6. The van der Waals surface area contributed by atoms with Crippen LogP contribution in [0.3, 0.4) is 0 Å². The van der Waals surface area contributed by atoms with Gasteiger partial charge in [0, 0.05) is 25.8 Å². The Morgan fingerprint density at radius 3 is 2.65 bits per heavy atom. The van der Waals surface area contributed by atoms with Gasteiger partial charge in [0.05, 0.1) is 6.20 Å². The van der Waals surface area contributed by atoms with E-state index in [4.69, 9.17) is 9.47 Å². The molecule has 26 heavy (non-hydrogen) atoms. The number of amides is 2. The van der Waals surface area contributed by atoms with Crippen molar-refractivity contribution in [2.45, 2.75) is 32.8 Å². The van der Waals surface area contributed by atoms with Crippen LogP contribution >= 0.6 is 0 Å². The van der Waals surface area contributed by atoms with Crippen molar-refractivity contribution in [2.75, 3.05) is 26.2 Å². The first-order valence-corrected chi connectivity index (χ1v) is 9.11. The minimum atomic E-state index is -0.453. The number of carbonyl (C=O) groups excluding carboxylic acids is 2. The summed E-state index contributed by atoms with van der Waals surface area (Å²) in [7, 11) is 0. The molecule has 1 N–H and O–H groups in total. The summed E-state index contributed by atoms with van der Waals surface area (Å²) < 4.78 is 10.8. The van der Waals surface area contributed by atoms with Crippen molar-refractivity contribution in [1.29, 1.82) is 0 Å². The van der Waals surface area contributed by atoms with Crippen molar-refractivity contribution in [3.8, 4) is 5.75 Å². The van der Waals surface area contributed by atoms with Crippen LogP contribution < -0.4 is 10.1 Å². The van der Waals surface area contributed by atoms with E-state index in [0.717, 1.165) is 19.5 Å². The van der Waals surface area contributed by atoms with E-state index in [1.807, 2.05) is 20.8 Å². The minimum absolute atomic E-state index is 0.00433. The maximum absolute atomic E-state index is 12.1. The molecule has 1 aromatic heterocycles. The SMILES string of the molecule is CC(C)(C)OC(=O)N1CC2C(CCNC(=O)COc3cccnc3)C2C1. The number of hydrogen-bond acceptors (Lipinski definition) is 5. The highest BCUT2D eigenvalue weighted by molar-refractivity contribution is 5.77. The second kappa shape index (κ2) is 7.51. The Labute approximate surface area is 154 Å². The summed E-state index contributed by atoms with van der Waals surface area (Å²) in [4.78, 5) is 29.6. The zero-order valence-corrected chi connectivity index (χ0v) is 15.6. The van der Waals surface area contributed by atoms with E-state index in [0.29, 0.717) is 30.0 Å². The number of carbonyl (C=O) groups is 2. The minimum Gasteiger partial charge on any atom is -0.482 e. The van der Waals surface area contributed by atoms with E-state index < -0.39 is 5.60 Å². The third kappa shape index (κ3) is 4.86. The van der Waals surface area contributed by atoms with Crippen LogP contribution in [0, 0.1) is 17.8 Å². The van der Waals surface area contributed by atoms with Crippen LogP contribution in [-0.4, -0.2) is 53.7 Å². The molecule has 2 amide bonds. The smallest absolute Gasteiger partial charge is 0.410 e. The molecule has 0 spiro atoms. The van der Waals surface area contributed by atoms with Crippen molar-refractivity contribution >= 4 is 12.0 Å². The third-order valence-electron chi connectivity index (χ3n) is 4.83. The zero-order valence-electron chi connectivity index (χ0n) is 15.6. The largest absolute Gasteiger partial charge is 0.482 e. The Bertz CT molecular complexity index is 632. The lowest BCUT2D eigenvalue weighted by atomic mass is 10.2. The van der Waals surface area contributed by atoms with Crippen molar-refractivity contribution in [3.63, 3.8) is 0 Å². The normalized spacial score (nSPS) is 24.0. The Morgan fingerprint density at radius 2 is 2.04 bits per heavy atom. The molecule has 2 aliphatic rings. The molecule has 2 fully saturated rings. The number of nitrogens with one attached hydrogen (secondary N) is 1. The van der Waals surface area contributed by atoms with E-state index in [2.05, 4.69) is 10.3 Å². The highest BCUT2D eigenvalue weighted by atomic mass is 16.6. The molecule has 1 saturated heterocycles. The van der Waals surface area contributed by atoms with Crippen molar-refractivity contribution in [3.05, 3.63) is 24.5 Å². The summed E-state index contributed by atoms with van der Waals surface area (Å²) in [6, 6.07) is 3.53. The quantitative estimate of drug-likeness (QED) is 0.839. The standard InChI is InChI=1S/C19H27N3O4/c1-19(2,3)26-18(24)22-10-15-14(16(15)11-22)6-8-21-17(23)12-25-13-5-4-7-20-9-13/h4-5,7,9,14-16H,6,8,10-12H2,1-3H3,(H,21,23). The first-order chi connectivity index (χ1) is 12.3. The molecule has 0 radical (unpaired) electrons. The number of ether oxygens (including phenoxy) is 2. The van der Waals surface area contributed by atoms with Crippen molar-refractivity contribution < 1.29 is 19.1 Å². The molecular weight excluding hydrogens is 334 g/mol. The lowest BCUT2D eigenvalue weighted by molar-refractivity contribution is -0.123. The molecule has 0 aromatic carbocycles. The summed E-state index contributed by atoms with van der Waals surface area (Å²) in [6.45, 7) is 7.81. The summed E-state index contributed by atoms with van der Waals surface area (Å²) >= 11 is 0. The van der Waals surface area contributed by atoms with Gasteiger partial charge in [0.2, 0.25) is 0 Å². The van der Waals surface area contributed by atoms with E-state index in [1.165, 1.54) is 0 Å². The van der Waals surface area contributed by atoms with Gasteiger partial charge < -0.3 is 19.7 Å². The molecule has 7 nitrogen and oxygen atoms in total. The van der Waals surface area contributed by atoms with Crippen LogP contribution in [0.1, 0.15) is 27.2 Å². The van der Waals surface area contributed by atoms with Crippen LogP contribution in [0.15, 0.2) is 24.5 Å². The molecule has 142 valence electrons. The molecule has 3 rings (SSSR count). The highest BCUT2D eigenvalue weighted by Gasteiger charge is 2.56. The summed E-state index contributed by atoms with van der Waals surface area (Å²) in [5.74, 6) is 2.14. The molecule has 2 unspecified atom stereocenters. The van der Waals surface area contributed by atoms with Gasteiger partial charge in [-0.3, -0.25) is 9.78 Å². The van der Waals surface area contributed by atoms with Gasteiger partial charge in [-0.15, -0.1) is 0 Å². The molecule has 0 bridgehead atoms. The average Bonchev–Trinajstić information content (AvgIpc) is 3.02. The Hall–Kier alpha value is -2.31. The summed E-state index contributed by atoms with van der Waals surface area (Å²) in [6.07, 6.45) is 3.96. The molecule has 1 aliphatic carbocycles. The molecular formula is C19H27N3O4. The van der Waals surface area contributed by atoms with Crippen molar-refractivity contribution in [2.24, 2.45) is 17.8 Å². The second-order valence-electron chi connectivity index (χ2n) is 7.99. The number of likely N-dealkylation sites (tertiary alicyclic amines) is 1. The Morgan fingerprint density at radius 1 is 1.31 bits per heavy atom. The summed E-state index contributed by atoms with van der Waals surface area (Å²) in [5, 5.41) is 2.89. The molecule has 2 atom stereocenters. The fourth-order valence-corrected chi connectivity index (χ4v) is 3.56. The van der Waals surface area contributed by atoms with Crippen LogP contribution in [0.4, 0.5) is 4.79 Å². The molecule has 1 saturated carbocycles. The predicted octanol–water partition coefficient (Wildman–Crippen LogP) is 2.08. The molecule has 7 heteroatoms. The molecule has 1 aromatic rings. The van der Waals surface area contributed by atoms with Gasteiger partial charge in [0.15, 0.2) is 6.61 Å². The number of piperidine rings is 1. The zero-order chi connectivity index (χ0) is 18.7. The van der Waals surface area contributed by atoms with Crippen LogP contribution in [-0.2, 0) is 9.53 Å². The lowest BCUT2D eigenvalue weighted by Gasteiger charge is -2.25. The van der Waals surface area contributed by atoms with E-state index in [9.17, 15) is 9.59 Å². The van der Waals surface area contributed by atoms with Gasteiger partial charge in [-0.25, -0.2) is 4.79 Å². The average molecular weight is 361 g/mol. The molecule has 1 aliphatic heterocycles. The van der Waals surface area contributed by atoms with E-state index in [1.54, 1.807) is 29.4 Å². The first-order valence-electron chi connectivity index (χ1n) is 9.11. The Kier molecular flexibility index (Phi) is 5.34. The van der Waals surface area contributed by atoms with Gasteiger partial charge in [0.1, 0.15) is 11.4 Å². The highest BCUT2D eigenvalue weighted by Crippen LogP contribution is 2.53. The van der Waals surface area contributed by atoms with Crippen molar-refractivity contribution in [1.82, 2.24) is 15.2 Å². The number of hydrogen-bond donors (Lipinski definition) is 1. The predicted molar refractivity (Wildman–Crippen MR) is 95.6 cm³/mol. The monoisotopic (exact) mass is 361 g/mol. The Balaban J connectivity index is 1.29. The fraction of sp³-hybridized carbons (Fsp3) is 0.632. The second-order valence-corrected chi connectivity index (χ2v) is 7.99. The number of nitrogens with zero attached hydrogens (tertiary/aromatic N) is 2. The fourth-order valence-electron chi connectivity index (χ4n) is 3.56. The topological polar surface area (TPSA) is 80.8 Å². The maximum Gasteiger partial charge on any atom is 0.410 e. The van der Waals surface area contributed by atoms with Crippen LogP contribution in [0.2, 0.25) is 0 Å². The van der Waals surface area contributed by atoms with Gasteiger partial charge in [-0.2, -0.15) is 0 Å². The van der Waals surface area contributed by atoms with E-state index >= 15 is 0 Å². The first kappa shape index (κ1) is 18.5. The van der Waals surface area contributed by atoms with Gasteiger partial charge in [-0.05, 0) is 57.1 Å². The third-order valence-corrected chi connectivity index (χ3v) is 4.83. The summed E-state index contributed by atoms with van der Waals surface area (Å²) in [5.41, 5.74) is -0.453. The maximum atomic E-state index is 12.1.